The fourth-order valence-electron chi connectivity index (χ4n) is 1.66. The predicted molar refractivity (Wildman–Crippen MR) is 98.5 cm³/mol. The molecule has 0 fully saturated rings. The van der Waals surface area contributed by atoms with Crippen LogP contribution in [0.3, 0.4) is 0 Å². The molecule has 0 aromatic heterocycles. The minimum Gasteiger partial charge on any atom is -0.693 e. The minimum absolute atomic E-state index is 0. The van der Waals surface area contributed by atoms with Gasteiger partial charge in [0.1, 0.15) is 0 Å². The van der Waals surface area contributed by atoms with Gasteiger partial charge in [-0.15, -0.1) is 0 Å². The standard InChI is InChI=1S/C12H26N2.4ClH.2H2N.2Pt/c13-11-9-7-5-3-1-2-4-6-8-10-12-14;;;;;;;;/h13-14H,1-12H2;4*1H;2*1H2;;/q-2;;;;;2*-1;2*+4/p-4. The molecule has 22 heavy (non-hydrogen) atoms. The normalized spacial score (nSPS) is 8.82. The summed E-state index contributed by atoms with van der Waals surface area (Å²) in [6, 6.07) is 0. The van der Waals surface area contributed by atoms with Crippen LogP contribution in [0.2, 0.25) is 0 Å². The molecule has 4 nitrogen and oxygen atoms in total. The topological polar surface area (TPSA) is 115 Å². The van der Waals surface area contributed by atoms with Gasteiger partial charge in [-0.1, -0.05) is 64.2 Å². The van der Waals surface area contributed by atoms with Gasteiger partial charge in [-0.2, -0.15) is 13.1 Å². The summed E-state index contributed by atoms with van der Waals surface area (Å²) in [4.78, 5) is 0. The van der Waals surface area contributed by atoms with E-state index in [1.165, 1.54) is 51.4 Å². The van der Waals surface area contributed by atoms with Gasteiger partial charge in [-0.3, -0.25) is 0 Å². The summed E-state index contributed by atoms with van der Waals surface area (Å²) in [6.07, 6.45) is 12.8. The molecule has 6 N–H and O–H groups in total. The number of hydrogen-bond donors (Lipinski definition) is 0. The van der Waals surface area contributed by atoms with Crippen molar-refractivity contribution < 1.29 is 33.0 Å². The van der Waals surface area contributed by atoms with Crippen LogP contribution in [-0.2, 0) is 33.0 Å². The molecule has 0 radical (unpaired) electrons. The van der Waals surface area contributed by atoms with Crippen LogP contribution in [0.15, 0.2) is 0 Å². The van der Waals surface area contributed by atoms with E-state index in [-0.39, 0.29) is 12.3 Å². The van der Waals surface area contributed by atoms with Gasteiger partial charge >= 0.3 is 70.6 Å². The first kappa shape index (κ1) is 35.5. The van der Waals surface area contributed by atoms with Crippen molar-refractivity contribution in [2.24, 2.45) is 0 Å². The zero-order valence-electron chi connectivity index (χ0n) is 12.8. The van der Waals surface area contributed by atoms with Gasteiger partial charge in [0.15, 0.2) is 0 Å². The SMILES string of the molecule is [Cl][Pt+2][Cl].[Cl][Pt+2][Cl].[NH-]CCCCCCCCCCCC[NH-].[NH2-].[NH2-]. The number of hydrogen-bond acceptors (Lipinski definition) is 0. The van der Waals surface area contributed by atoms with E-state index in [4.69, 9.17) is 49.1 Å². The molecule has 0 aromatic rings. The number of halogens is 4. The van der Waals surface area contributed by atoms with E-state index in [0.29, 0.717) is 13.1 Å². The summed E-state index contributed by atoms with van der Waals surface area (Å²) < 4.78 is 0. The Kier molecular flexibility index (Phi) is 70.4. The molecule has 0 spiro atoms. The Morgan fingerprint density at radius 2 is 0.591 bits per heavy atom. The Morgan fingerprint density at radius 3 is 0.727 bits per heavy atom. The molecule has 0 aromatic carbocycles. The second-order valence-electron chi connectivity index (χ2n) is 4.13. The van der Waals surface area contributed by atoms with E-state index in [1.54, 1.807) is 0 Å². The minimum atomic E-state index is -0.472. The third kappa shape index (κ3) is 57.1. The van der Waals surface area contributed by atoms with Crippen molar-refractivity contribution in [1.82, 2.24) is 0 Å². The third-order valence-electron chi connectivity index (χ3n) is 2.60. The van der Waals surface area contributed by atoms with Crippen LogP contribution in [-0.4, -0.2) is 13.1 Å². The van der Waals surface area contributed by atoms with Crippen LogP contribution >= 0.6 is 37.7 Å². The zero-order valence-corrected chi connectivity index (χ0v) is 20.4. The van der Waals surface area contributed by atoms with Gasteiger partial charge in [0.2, 0.25) is 0 Å². The maximum atomic E-state index is 7.00. The van der Waals surface area contributed by atoms with Crippen molar-refractivity contribution in [3.8, 4) is 0 Å². The molecule has 0 saturated heterocycles. The van der Waals surface area contributed by atoms with Gasteiger partial charge in [-0.05, 0) is 0 Å². The molecule has 146 valence electrons. The molecule has 0 aliphatic rings. The van der Waals surface area contributed by atoms with Gasteiger partial charge < -0.3 is 23.8 Å². The maximum Gasteiger partial charge on any atom is -0.0533 e. The van der Waals surface area contributed by atoms with Crippen LogP contribution < -0.4 is 0 Å². The first-order valence-corrected chi connectivity index (χ1v) is 17.9. The first-order chi connectivity index (χ1) is 9.74. The van der Waals surface area contributed by atoms with Crippen LogP contribution in [0.25, 0.3) is 23.8 Å². The number of nitrogens with two attached hydrogens (primary N) is 2. The molecule has 0 aliphatic heterocycles. The summed E-state index contributed by atoms with van der Waals surface area (Å²) in [5.74, 6) is 0. The smallest absolute Gasteiger partial charge is 0.0533 e. The van der Waals surface area contributed by atoms with E-state index in [0.717, 1.165) is 12.8 Å². The second-order valence-corrected chi connectivity index (χ2v) is 10.7. The second kappa shape index (κ2) is 43.6. The Balaban J connectivity index is -0.000000104. The van der Waals surface area contributed by atoms with E-state index in [9.17, 15) is 0 Å². The van der Waals surface area contributed by atoms with Crippen LogP contribution in [0.5, 0.6) is 0 Å². The van der Waals surface area contributed by atoms with E-state index in [1.807, 2.05) is 0 Å². The monoisotopic (exact) mass is 760 g/mol. The summed E-state index contributed by atoms with van der Waals surface area (Å²) in [5, 5.41) is 0. The molecule has 0 rings (SSSR count). The summed E-state index contributed by atoms with van der Waals surface area (Å²) >= 11 is -0.944. The maximum absolute atomic E-state index is 7.00. The fourth-order valence-corrected chi connectivity index (χ4v) is 1.66. The van der Waals surface area contributed by atoms with Crippen LogP contribution in [0, 0.1) is 0 Å². The van der Waals surface area contributed by atoms with Gasteiger partial charge in [0, 0.05) is 0 Å². The van der Waals surface area contributed by atoms with Crippen molar-refractivity contribution in [2.45, 2.75) is 64.2 Å². The van der Waals surface area contributed by atoms with Crippen LogP contribution in [0.4, 0.5) is 0 Å². The Morgan fingerprint density at radius 1 is 0.455 bits per heavy atom. The molecular weight excluding hydrogens is 732 g/mol. The van der Waals surface area contributed by atoms with E-state index >= 15 is 0 Å². The Labute approximate surface area is 170 Å². The van der Waals surface area contributed by atoms with E-state index in [2.05, 4.69) is 0 Å². The summed E-state index contributed by atoms with van der Waals surface area (Å²) in [7, 11) is 19.5. The van der Waals surface area contributed by atoms with Crippen molar-refractivity contribution in [3.05, 3.63) is 23.8 Å². The summed E-state index contributed by atoms with van der Waals surface area (Å²) in [5.41, 5.74) is 14.0. The average Bonchev–Trinajstić information content (AvgIpc) is 2.43. The molecule has 0 saturated carbocycles. The molecule has 0 bridgehead atoms. The van der Waals surface area contributed by atoms with Crippen molar-refractivity contribution >= 4 is 37.7 Å². The number of nitrogens with one attached hydrogen (secondary N) is 2. The summed E-state index contributed by atoms with van der Waals surface area (Å²) in [6.45, 7) is 1.21. The Hall–Kier alpha value is 2.38. The van der Waals surface area contributed by atoms with E-state index < -0.39 is 33.0 Å². The quantitative estimate of drug-likeness (QED) is 0.187. The largest absolute Gasteiger partial charge is 0.693 e. The predicted octanol–water partition coefficient (Wildman–Crippen LogP) is 9.18. The Bertz CT molecular complexity index is 130. The number of unbranched alkanes of at least 4 members (excludes halogenated alkanes) is 9. The molecule has 0 amide bonds. The van der Waals surface area contributed by atoms with Gasteiger partial charge in [0.25, 0.3) is 0 Å². The van der Waals surface area contributed by atoms with Gasteiger partial charge in [0.05, 0.1) is 0 Å². The molecule has 0 heterocycles. The van der Waals surface area contributed by atoms with Gasteiger partial charge in [-0.25, -0.2) is 0 Å². The molecule has 0 aliphatic carbocycles. The average molecular weight is 762 g/mol. The number of rotatable bonds is 11. The van der Waals surface area contributed by atoms with Crippen molar-refractivity contribution in [3.63, 3.8) is 0 Å². The molecule has 0 unspecified atom stereocenters. The fraction of sp³-hybridized carbons (Fsp3) is 1.00. The van der Waals surface area contributed by atoms with Crippen LogP contribution in [0.1, 0.15) is 64.2 Å². The van der Waals surface area contributed by atoms with Crippen molar-refractivity contribution in [2.75, 3.05) is 13.1 Å². The zero-order chi connectivity index (χ0) is 15.9. The molecule has 0 atom stereocenters. The first-order valence-electron chi connectivity index (χ1n) is 6.69. The third-order valence-corrected chi connectivity index (χ3v) is 2.60. The molecular formula is C12H30Cl4N4Pt2. The molecule has 10 heteroatoms. The van der Waals surface area contributed by atoms with Crippen molar-refractivity contribution in [1.29, 1.82) is 0 Å².